The van der Waals surface area contributed by atoms with Crippen molar-refractivity contribution in [1.82, 2.24) is 41.6 Å². The van der Waals surface area contributed by atoms with Crippen molar-refractivity contribution in [2.24, 2.45) is 28.9 Å². The van der Waals surface area contributed by atoms with Crippen molar-refractivity contribution in [2.45, 2.75) is 130 Å². The maximum atomic E-state index is 12.6. The molecule has 16 rings (SSSR count). The molecule has 31 nitrogen and oxygen atoms in total. The monoisotopic (exact) mass is 1380 g/mol. The quantitative estimate of drug-likeness (QED) is 0.103. The van der Waals surface area contributed by atoms with Crippen LogP contribution in [0.25, 0.3) is 22.1 Å². The topological polar surface area (TPSA) is 386 Å². The summed E-state index contributed by atoms with van der Waals surface area (Å²) in [6, 6.07) is 7.96. The molecule has 12 N–H and O–H groups in total. The van der Waals surface area contributed by atoms with Crippen LogP contribution in [-0.4, -0.2) is 145 Å². The highest BCUT2D eigenvalue weighted by atomic mass is 16.5. The molecule has 0 bridgehead atoms. The lowest BCUT2D eigenvalue weighted by Crippen LogP contribution is -2.46. The van der Waals surface area contributed by atoms with Crippen molar-refractivity contribution in [3.05, 3.63) is 155 Å². The molecule has 0 aromatic carbocycles. The van der Waals surface area contributed by atoms with E-state index in [0.29, 0.717) is 137 Å². The van der Waals surface area contributed by atoms with Gasteiger partial charge in [0.2, 0.25) is 0 Å². The highest BCUT2D eigenvalue weighted by Gasteiger charge is 2.44. The molecule has 100 heavy (non-hydrogen) atoms. The van der Waals surface area contributed by atoms with E-state index in [4.69, 9.17) is 48.1 Å². The van der Waals surface area contributed by atoms with E-state index in [-0.39, 0.29) is 47.2 Å². The van der Waals surface area contributed by atoms with E-state index in [1.165, 1.54) is 17.6 Å². The fourth-order valence-corrected chi connectivity index (χ4v) is 16.2. The van der Waals surface area contributed by atoms with Crippen LogP contribution in [0.1, 0.15) is 134 Å². The predicted molar refractivity (Wildman–Crippen MR) is 383 cm³/mol. The first-order valence-corrected chi connectivity index (χ1v) is 34.6. The minimum atomic E-state index is -0.586. The number of aromatic nitrogens is 8. The Labute approximate surface area is 573 Å². The average molecular weight is 1380 g/mol. The van der Waals surface area contributed by atoms with Crippen LogP contribution >= 0.6 is 0 Å². The van der Waals surface area contributed by atoms with Gasteiger partial charge in [-0.3, -0.25) is 36.8 Å². The van der Waals surface area contributed by atoms with Crippen molar-refractivity contribution in [2.75, 3.05) is 129 Å². The Bertz CT molecular complexity index is 5120. The molecule has 8 aromatic heterocycles. The van der Waals surface area contributed by atoms with Gasteiger partial charge < -0.3 is 78.1 Å². The Kier molecular flexibility index (Phi) is 17.9. The first-order valence-electron chi connectivity index (χ1n) is 34.6. The SMILES string of the molecule is CC1COc2c(N3CC(C(C)N)C(C)(C)C3)ccn3c(=O)n(N)c(=O)c1c23.CC1COc2c(N3CCC(C(C)O)C3)ccn3c(=O)n(N)c(=O)c1c23.CC1COc2c(N3CCCC3)ccn3c(=O)n(N)c(=O)c1c23.CN[C@@H](C)[C@@H]1CCN(c2ccn3c(=O)n(N)c(=O)c4c3c2OCC4C)C1. The van der Waals surface area contributed by atoms with Gasteiger partial charge in [-0.05, 0) is 95.0 Å². The van der Waals surface area contributed by atoms with Gasteiger partial charge in [0.05, 0.1) is 77.5 Å². The Morgan fingerprint density at radius 1 is 0.470 bits per heavy atom. The van der Waals surface area contributed by atoms with Crippen molar-refractivity contribution in [3.63, 3.8) is 0 Å². The molecule has 31 heteroatoms. The predicted octanol–water partition coefficient (Wildman–Crippen LogP) is 0.735. The fraction of sp³-hybridized carbons (Fsp3) is 0.536. The number of hydrogen-bond donors (Lipinski definition) is 7. The number of pyridine rings is 4. The summed E-state index contributed by atoms with van der Waals surface area (Å²) in [4.78, 5) is 109. The minimum Gasteiger partial charge on any atom is -0.489 e. The number of nitrogen functional groups attached to an aromatic ring is 4. The second-order valence-electron chi connectivity index (χ2n) is 29.2. The number of nitrogens with one attached hydrogen (secondary N) is 1. The fourth-order valence-electron chi connectivity index (χ4n) is 16.2. The van der Waals surface area contributed by atoms with E-state index in [0.717, 1.165) is 94.2 Å². The Morgan fingerprint density at radius 3 is 1.08 bits per heavy atom. The molecule has 16 heterocycles. The lowest BCUT2D eigenvalue weighted by atomic mass is 9.78. The molecule has 8 aromatic rings. The summed E-state index contributed by atoms with van der Waals surface area (Å²) < 4.78 is 32.3. The van der Waals surface area contributed by atoms with E-state index >= 15 is 0 Å². The number of rotatable bonds is 8. The first kappa shape index (κ1) is 68.6. The molecule has 0 spiro atoms. The van der Waals surface area contributed by atoms with Crippen molar-refractivity contribution in [3.8, 4) is 23.0 Å². The smallest absolute Gasteiger partial charge is 0.354 e. The van der Waals surface area contributed by atoms with Gasteiger partial charge in [-0.1, -0.05) is 41.5 Å². The van der Waals surface area contributed by atoms with E-state index in [1.807, 2.05) is 65.9 Å². The van der Waals surface area contributed by atoms with Gasteiger partial charge in [-0.2, -0.15) is 18.7 Å². The molecule has 0 amide bonds. The molecule has 8 aliphatic heterocycles. The molecule has 0 saturated carbocycles. The minimum absolute atomic E-state index is 0.0537. The number of nitrogens with zero attached hydrogens (tertiary/aromatic N) is 12. The van der Waals surface area contributed by atoms with Crippen LogP contribution in [0.4, 0.5) is 22.7 Å². The highest BCUT2D eigenvalue weighted by Crippen LogP contribution is 2.47. The van der Waals surface area contributed by atoms with Gasteiger partial charge in [-0.25, -0.2) is 19.2 Å². The van der Waals surface area contributed by atoms with Gasteiger partial charge in [-0.15, -0.1) is 0 Å². The van der Waals surface area contributed by atoms with Crippen LogP contribution in [0, 0.1) is 23.2 Å². The third-order valence-corrected chi connectivity index (χ3v) is 22.0. The zero-order valence-corrected chi connectivity index (χ0v) is 58.3. The standard InChI is InChI=1S/C19H27N5O3.C18H25N5O3.C17H22N4O4.C15H18N4O3/c1-10-8-27-16-13(22-7-12(11(2)20)19(3,4)9-22)5-6-23-15(16)14(10)17(25)24(21)18(23)26;1-10-9-26-16-13(21-6-4-12(8-21)11(2)20-3)5-7-22-15(16)14(10)17(24)23(19)18(22)25;1-9-8-25-15-12(19-5-3-11(7-19)10(2)22)4-6-20-14(15)13(9)16(23)21(18)17(20)24;1-9-8-22-13-10(17-5-2-3-6-17)4-7-18-12(13)11(9)14(20)19(16)15(18)21/h5-6,10-12H,7-9,20-21H2,1-4H3;5,7,10-12,20H,4,6,8-9,19H2,1-3H3;4,6,9-11,22H,3,5,7-8,18H2,1-2H3;4,7,9H,2-3,5-6,8,16H2,1H3/t;10?,11-,12+;;/m.0../s1. The number of anilines is 4. The van der Waals surface area contributed by atoms with E-state index in [9.17, 15) is 43.5 Å². The summed E-state index contributed by atoms with van der Waals surface area (Å²) in [6.45, 7) is 26.6. The van der Waals surface area contributed by atoms with Crippen LogP contribution < -0.4 is 118 Å². The van der Waals surface area contributed by atoms with Crippen LogP contribution in [-0.2, 0) is 0 Å². The molecule has 8 unspecified atom stereocenters. The molecule has 0 aliphatic carbocycles. The molecular weight excluding hydrogens is 1290 g/mol. The third kappa shape index (κ3) is 11.2. The summed E-state index contributed by atoms with van der Waals surface area (Å²) in [7, 11) is 1.98. The highest BCUT2D eigenvalue weighted by molar-refractivity contribution is 5.82. The number of aliphatic hydroxyl groups excluding tert-OH is 1. The van der Waals surface area contributed by atoms with Gasteiger partial charge >= 0.3 is 22.8 Å². The zero-order valence-electron chi connectivity index (χ0n) is 58.3. The molecule has 8 aliphatic rings. The van der Waals surface area contributed by atoms with E-state index < -0.39 is 45.0 Å². The largest absolute Gasteiger partial charge is 0.489 e. The maximum Gasteiger partial charge on any atom is 0.354 e. The number of ether oxygens (including phenoxy) is 4. The molecule has 4 saturated heterocycles. The Morgan fingerprint density at radius 2 is 0.780 bits per heavy atom. The van der Waals surface area contributed by atoms with Crippen LogP contribution in [0.3, 0.4) is 0 Å². The van der Waals surface area contributed by atoms with Gasteiger partial charge in [0.25, 0.3) is 22.2 Å². The molecule has 0 radical (unpaired) electrons. The zero-order chi connectivity index (χ0) is 71.6. The van der Waals surface area contributed by atoms with Crippen molar-refractivity contribution in [1.29, 1.82) is 0 Å². The second kappa shape index (κ2) is 26.0. The van der Waals surface area contributed by atoms with Gasteiger partial charge in [0.1, 0.15) is 22.1 Å². The molecule has 10 atom stereocenters. The van der Waals surface area contributed by atoms with E-state index in [1.54, 1.807) is 31.7 Å². The summed E-state index contributed by atoms with van der Waals surface area (Å²) in [6.07, 6.45) is 10.6. The molecule has 4 fully saturated rings. The number of nitrogens with two attached hydrogens (primary N) is 5. The Hall–Kier alpha value is -9.88. The van der Waals surface area contributed by atoms with Crippen LogP contribution in [0.15, 0.2) is 87.4 Å². The summed E-state index contributed by atoms with van der Waals surface area (Å²) >= 11 is 0. The number of aliphatic hydroxyl groups is 1. The Balaban J connectivity index is 0.000000120. The first-order chi connectivity index (χ1) is 47.6. The van der Waals surface area contributed by atoms with Crippen LogP contribution in [0.5, 0.6) is 23.0 Å². The maximum absolute atomic E-state index is 12.6. The van der Waals surface area contributed by atoms with Crippen molar-refractivity contribution < 1.29 is 24.1 Å². The summed E-state index contributed by atoms with van der Waals surface area (Å²) in [5, 5.41) is 13.2. The lowest BCUT2D eigenvalue weighted by Gasteiger charge is -2.29. The van der Waals surface area contributed by atoms with Gasteiger partial charge in [0, 0.05) is 119 Å². The van der Waals surface area contributed by atoms with Crippen LogP contribution in [0.2, 0.25) is 0 Å². The normalized spacial score (nSPS) is 23.2. The third-order valence-electron chi connectivity index (χ3n) is 22.0. The van der Waals surface area contributed by atoms with Crippen molar-refractivity contribution >= 4 is 44.8 Å². The van der Waals surface area contributed by atoms with E-state index in [2.05, 4.69) is 45.7 Å². The van der Waals surface area contributed by atoms with Gasteiger partial charge in [0.15, 0.2) is 23.0 Å². The number of hydrogen-bond acceptors (Lipinski definition) is 23. The summed E-state index contributed by atoms with van der Waals surface area (Å²) in [5.41, 5.74) is 10.2. The second-order valence-corrected chi connectivity index (χ2v) is 29.2. The lowest BCUT2D eigenvalue weighted by molar-refractivity contribution is 0.136. The summed E-state index contributed by atoms with van der Waals surface area (Å²) in [5.74, 6) is 25.7. The molecule has 536 valence electrons. The average Bonchev–Trinajstić information content (AvgIpc) is 0.974. The molecular formula is C69H92N18O13.